The van der Waals surface area contributed by atoms with Gasteiger partial charge in [-0.15, -0.1) is 0 Å². The molecule has 1 fully saturated rings. The maximum Gasteiger partial charge on any atom is 0.222 e. The number of benzene rings is 1. The Morgan fingerprint density at radius 3 is 2.67 bits per heavy atom. The fraction of sp³-hybridized carbons (Fsp3) is 0.429. The molecule has 0 radical (unpaired) electrons. The van der Waals surface area contributed by atoms with Gasteiger partial charge in [-0.2, -0.15) is 5.26 Å². The first kappa shape index (κ1) is 12.6. The molecule has 0 aromatic heterocycles. The Labute approximate surface area is 106 Å². The summed E-state index contributed by atoms with van der Waals surface area (Å²) in [5.74, 6) is -0.104. The third kappa shape index (κ3) is 3.07. The third-order valence-corrected chi connectivity index (χ3v) is 3.19. The van der Waals surface area contributed by atoms with E-state index in [1.54, 1.807) is 17.0 Å². The highest BCUT2D eigenvalue weighted by Gasteiger charge is 2.29. The number of aryl methyl sites for hydroxylation is 1. The largest absolute Gasteiger partial charge is 0.340 e. The molecule has 3 nitrogen and oxygen atoms in total. The Balaban J connectivity index is 1.68. The lowest BCUT2D eigenvalue weighted by molar-refractivity contribution is -0.136. The second kappa shape index (κ2) is 5.63. The molecule has 1 aromatic rings. The molecule has 1 amide bonds. The molecule has 1 aliphatic heterocycles. The minimum Gasteiger partial charge on any atom is -0.340 e. The molecule has 18 heavy (non-hydrogen) atoms. The molecule has 0 aliphatic carbocycles. The van der Waals surface area contributed by atoms with E-state index >= 15 is 0 Å². The van der Waals surface area contributed by atoms with Crippen LogP contribution in [0.5, 0.6) is 0 Å². The van der Waals surface area contributed by atoms with Crippen LogP contribution in [-0.4, -0.2) is 23.9 Å². The van der Waals surface area contributed by atoms with Crippen molar-refractivity contribution >= 4 is 5.91 Å². The molecular formula is C14H15FN2O. The van der Waals surface area contributed by atoms with Gasteiger partial charge in [-0.05, 0) is 30.5 Å². The summed E-state index contributed by atoms with van der Waals surface area (Å²) < 4.78 is 12.7. The predicted molar refractivity (Wildman–Crippen MR) is 65.0 cm³/mol. The van der Waals surface area contributed by atoms with Gasteiger partial charge in [-0.1, -0.05) is 12.1 Å². The van der Waals surface area contributed by atoms with Crippen LogP contribution in [-0.2, 0) is 11.2 Å². The number of carbonyl (C=O) groups excluding carboxylic acids is 1. The second-order valence-electron chi connectivity index (χ2n) is 4.60. The highest BCUT2D eigenvalue weighted by Crippen LogP contribution is 2.16. The van der Waals surface area contributed by atoms with Crippen molar-refractivity contribution in [3.8, 4) is 6.07 Å². The van der Waals surface area contributed by atoms with Crippen molar-refractivity contribution in [1.82, 2.24) is 4.90 Å². The van der Waals surface area contributed by atoms with E-state index < -0.39 is 0 Å². The van der Waals surface area contributed by atoms with E-state index in [0.717, 1.165) is 18.4 Å². The van der Waals surface area contributed by atoms with E-state index in [-0.39, 0.29) is 17.6 Å². The van der Waals surface area contributed by atoms with Gasteiger partial charge in [0, 0.05) is 19.5 Å². The summed E-state index contributed by atoms with van der Waals surface area (Å²) >= 11 is 0. The van der Waals surface area contributed by atoms with Crippen LogP contribution in [0.3, 0.4) is 0 Å². The predicted octanol–water partition coefficient (Wildman–Crippen LogP) is 2.13. The van der Waals surface area contributed by atoms with Crippen LogP contribution in [0.1, 0.15) is 18.4 Å². The number of likely N-dealkylation sites (tertiary alicyclic amines) is 1. The molecule has 0 saturated carbocycles. The van der Waals surface area contributed by atoms with Crippen LogP contribution in [0.15, 0.2) is 24.3 Å². The minimum atomic E-state index is -0.238. The van der Waals surface area contributed by atoms with E-state index in [1.807, 2.05) is 0 Å². The normalized spacial score (nSPS) is 15.0. The highest BCUT2D eigenvalue weighted by molar-refractivity contribution is 5.77. The first-order chi connectivity index (χ1) is 8.69. The van der Waals surface area contributed by atoms with Gasteiger partial charge in [-0.3, -0.25) is 4.79 Å². The van der Waals surface area contributed by atoms with Gasteiger partial charge < -0.3 is 4.90 Å². The second-order valence-corrected chi connectivity index (χ2v) is 4.60. The van der Waals surface area contributed by atoms with Gasteiger partial charge in [-0.25, -0.2) is 4.39 Å². The SMILES string of the molecule is N#CC1CN(C(=O)CCCc2ccc(F)cc2)C1. The standard InChI is InChI=1S/C14H15FN2O/c15-13-6-4-11(5-7-13)2-1-3-14(18)17-9-12(8-16)10-17/h4-7,12H,1-3,9-10H2. The maximum atomic E-state index is 12.7. The summed E-state index contributed by atoms with van der Waals surface area (Å²) in [5.41, 5.74) is 1.04. The Bertz CT molecular complexity index is 458. The molecule has 4 heteroatoms. The molecule has 0 spiro atoms. The van der Waals surface area contributed by atoms with Gasteiger partial charge in [0.1, 0.15) is 5.82 Å². The van der Waals surface area contributed by atoms with Crippen molar-refractivity contribution in [2.24, 2.45) is 5.92 Å². The summed E-state index contributed by atoms with van der Waals surface area (Å²) in [7, 11) is 0. The molecule has 1 saturated heterocycles. The Hall–Kier alpha value is -1.89. The fourth-order valence-electron chi connectivity index (χ4n) is 2.02. The summed E-state index contributed by atoms with van der Waals surface area (Å²) in [5, 5.41) is 8.61. The monoisotopic (exact) mass is 246 g/mol. The van der Waals surface area contributed by atoms with Crippen LogP contribution in [0.25, 0.3) is 0 Å². The van der Waals surface area contributed by atoms with E-state index in [9.17, 15) is 9.18 Å². The fourth-order valence-corrected chi connectivity index (χ4v) is 2.02. The van der Waals surface area contributed by atoms with Gasteiger partial charge in [0.05, 0.1) is 12.0 Å². The molecule has 1 aliphatic rings. The molecule has 0 bridgehead atoms. The molecular weight excluding hydrogens is 231 g/mol. The van der Waals surface area contributed by atoms with E-state index in [0.29, 0.717) is 19.5 Å². The first-order valence-corrected chi connectivity index (χ1v) is 6.11. The van der Waals surface area contributed by atoms with Crippen LogP contribution >= 0.6 is 0 Å². The van der Waals surface area contributed by atoms with Crippen molar-refractivity contribution in [3.05, 3.63) is 35.6 Å². The maximum absolute atomic E-state index is 12.7. The summed E-state index contributed by atoms with van der Waals surface area (Å²) in [4.78, 5) is 13.4. The average molecular weight is 246 g/mol. The smallest absolute Gasteiger partial charge is 0.222 e. The van der Waals surface area contributed by atoms with Gasteiger partial charge >= 0.3 is 0 Å². The van der Waals surface area contributed by atoms with Gasteiger partial charge in [0.15, 0.2) is 0 Å². The molecule has 1 aromatic carbocycles. The van der Waals surface area contributed by atoms with E-state index in [4.69, 9.17) is 5.26 Å². The third-order valence-electron chi connectivity index (χ3n) is 3.19. The molecule has 94 valence electrons. The van der Waals surface area contributed by atoms with Gasteiger partial charge in [0.25, 0.3) is 0 Å². The van der Waals surface area contributed by atoms with Crippen molar-refractivity contribution in [2.75, 3.05) is 13.1 Å². The average Bonchev–Trinajstić information content (AvgIpc) is 2.30. The zero-order valence-electron chi connectivity index (χ0n) is 10.1. The van der Waals surface area contributed by atoms with Crippen LogP contribution in [0.4, 0.5) is 4.39 Å². The zero-order chi connectivity index (χ0) is 13.0. The number of nitriles is 1. The summed E-state index contributed by atoms with van der Waals surface area (Å²) in [6.45, 7) is 1.15. The Kier molecular flexibility index (Phi) is 3.93. The van der Waals surface area contributed by atoms with Crippen molar-refractivity contribution in [3.63, 3.8) is 0 Å². The molecule has 1 heterocycles. The number of amides is 1. The van der Waals surface area contributed by atoms with Crippen molar-refractivity contribution in [2.45, 2.75) is 19.3 Å². The lowest BCUT2D eigenvalue weighted by atomic mass is 10.0. The number of nitrogens with zero attached hydrogens (tertiary/aromatic N) is 2. The molecule has 0 N–H and O–H groups in total. The highest BCUT2D eigenvalue weighted by atomic mass is 19.1. The topological polar surface area (TPSA) is 44.1 Å². The molecule has 0 unspecified atom stereocenters. The summed E-state index contributed by atoms with van der Waals surface area (Å²) in [6, 6.07) is 8.50. The van der Waals surface area contributed by atoms with Crippen LogP contribution in [0, 0.1) is 23.1 Å². The number of hydrogen-bond donors (Lipinski definition) is 0. The summed E-state index contributed by atoms with van der Waals surface area (Å²) in [6.07, 6.45) is 2.04. The molecule has 0 atom stereocenters. The molecule has 2 rings (SSSR count). The van der Waals surface area contributed by atoms with Gasteiger partial charge in [0.2, 0.25) is 5.91 Å². The zero-order valence-corrected chi connectivity index (χ0v) is 10.1. The Morgan fingerprint density at radius 1 is 1.39 bits per heavy atom. The quantitative estimate of drug-likeness (QED) is 0.816. The first-order valence-electron chi connectivity index (χ1n) is 6.11. The number of hydrogen-bond acceptors (Lipinski definition) is 2. The van der Waals surface area contributed by atoms with Crippen molar-refractivity contribution in [1.29, 1.82) is 5.26 Å². The Morgan fingerprint density at radius 2 is 2.06 bits per heavy atom. The number of carbonyl (C=O) groups is 1. The lowest BCUT2D eigenvalue weighted by Gasteiger charge is -2.35. The number of halogens is 1. The van der Waals surface area contributed by atoms with E-state index in [1.165, 1.54) is 12.1 Å². The van der Waals surface area contributed by atoms with E-state index in [2.05, 4.69) is 6.07 Å². The van der Waals surface area contributed by atoms with Crippen LogP contribution < -0.4 is 0 Å². The lowest BCUT2D eigenvalue weighted by Crippen LogP contribution is -2.49. The van der Waals surface area contributed by atoms with Crippen LogP contribution in [0.2, 0.25) is 0 Å². The number of rotatable bonds is 4. The van der Waals surface area contributed by atoms with Crippen molar-refractivity contribution < 1.29 is 9.18 Å². The minimum absolute atomic E-state index is 0.0195.